The van der Waals surface area contributed by atoms with Crippen molar-refractivity contribution >= 4 is 17.9 Å². The molecule has 6 nitrogen and oxygen atoms in total. The van der Waals surface area contributed by atoms with Crippen LogP contribution in [0.4, 0.5) is 0 Å². The van der Waals surface area contributed by atoms with Crippen LogP contribution in [0.5, 0.6) is 0 Å². The van der Waals surface area contributed by atoms with E-state index in [2.05, 4.69) is 45.1 Å². The number of hydrogen-bond donors (Lipinski definition) is 0. The maximum absolute atomic E-state index is 12.9. The molecule has 0 bridgehead atoms. The molecule has 0 heterocycles. The van der Waals surface area contributed by atoms with Crippen molar-refractivity contribution in [1.82, 2.24) is 0 Å². The summed E-state index contributed by atoms with van der Waals surface area (Å²) >= 11 is 0. The number of carbonyl (C=O) groups is 3. The van der Waals surface area contributed by atoms with Crippen LogP contribution in [0, 0.1) is 0 Å². The molecule has 418 valence electrons. The predicted molar refractivity (Wildman–Crippen MR) is 307 cm³/mol. The summed E-state index contributed by atoms with van der Waals surface area (Å²) in [6.07, 6.45) is 71.7. The van der Waals surface area contributed by atoms with E-state index < -0.39 is 6.10 Å². The molecule has 1 atom stereocenters. The molecule has 0 amide bonds. The average Bonchev–Trinajstić information content (AvgIpc) is 3.37. The minimum Gasteiger partial charge on any atom is -0.462 e. The second-order valence-corrected chi connectivity index (χ2v) is 21.7. The molecular formula is C65H122O6. The van der Waals surface area contributed by atoms with Crippen molar-refractivity contribution in [3.8, 4) is 0 Å². The van der Waals surface area contributed by atoms with E-state index in [1.807, 2.05) is 0 Å². The lowest BCUT2D eigenvalue weighted by molar-refractivity contribution is -0.167. The van der Waals surface area contributed by atoms with Crippen molar-refractivity contribution in [2.24, 2.45) is 0 Å². The van der Waals surface area contributed by atoms with Gasteiger partial charge in [0, 0.05) is 19.3 Å². The number of ether oxygens (including phenoxy) is 3. The van der Waals surface area contributed by atoms with Crippen LogP contribution >= 0.6 is 0 Å². The summed E-state index contributed by atoms with van der Waals surface area (Å²) in [5.41, 5.74) is 0. The smallest absolute Gasteiger partial charge is 0.306 e. The normalized spacial score (nSPS) is 12.1. The summed E-state index contributed by atoms with van der Waals surface area (Å²) in [5, 5.41) is 0. The second kappa shape index (κ2) is 60.4. The average molecular weight is 1000 g/mol. The highest BCUT2D eigenvalue weighted by Gasteiger charge is 2.19. The zero-order valence-electron chi connectivity index (χ0n) is 48.0. The third-order valence-corrected chi connectivity index (χ3v) is 14.5. The van der Waals surface area contributed by atoms with Crippen LogP contribution in [0.1, 0.15) is 355 Å². The van der Waals surface area contributed by atoms with Crippen molar-refractivity contribution in [3.63, 3.8) is 0 Å². The van der Waals surface area contributed by atoms with Gasteiger partial charge in [-0.1, -0.05) is 308 Å². The maximum Gasteiger partial charge on any atom is 0.306 e. The molecule has 0 fully saturated rings. The van der Waals surface area contributed by atoms with E-state index in [0.717, 1.165) is 64.2 Å². The van der Waals surface area contributed by atoms with E-state index in [4.69, 9.17) is 14.2 Å². The first-order chi connectivity index (χ1) is 35.0. The highest BCUT2D eigenvalue weighted by molar-refractivity contribution is 5.71. The van der Waals surface area contributed by atoms with Crippen LogP contribution in [0.3, 0.4) is 0 Å². The lowest BCUT2D eigenvalue weighted by Gasteiger charge is -2.18. The molecule has 0 spiro atoms. The van der Waals surface area contributed by atoms with Crippen LogP contribution in [-0.4, -0.2) is 37.2 Å². The summed E-state index contributed by atoms with van der Waals surface area (Å²) in [7, 11) is 0. The van der Waals surface area contributed by atoms with Crippen LogP contribution in [0.25, 0.3) is 0 Å². The number of unbranched alkanes of at least 4 members (excludes halogenated alkanes) is 44. The van der Waals surface area contributed by atoms with Gasteiger partial charge in [0.1, 0.15) is 13.2 Å². The van der Waals surface area contributed by atoms with E-state index in [1.165, 1.54) is 250 Å². The summed E-state index contributed by atoms with van der Waals surface area (Å²) in [5.74, 6) is -0.842. The molecule has 0 unspecified atom stereocenters. The van der Waals surface area contributed by atoms with Gasteiger partial charge in [0.2, 0.25) is 0 Å². The zero-order valence-corrected chi connectivity index (χ0v) is 48.0. The van der Waals surface area contributed by atoms with Gasteiger partial charge in [0.15, 0.2) is 6.10 Å². The van der Waals surface area contributed by atoms with Gasteiger partial charge in [-0.2, -0.15) is 0 Å². The fourth-order valence-electron chi connectivity index (χ4n) is 9.65. The first kappa shape index (κ1) is 68.9. The summed E-state index contributed by atoms with van der Waals surface area (Å²) in [6.45, 7) is 6.68. The highest BCUT2D eigenvalue weighted by atomic mass is 16.6. The zero-order chi connectivity index (χ0) is 51.4. The van der Waals surface area contributed by atoms with Crippen molar-refractivity contribution in [3.05, 3.63) is 24.3 Å². The first-order valence-electron chi connectivity index (χ1n) is 31.8. The van der Waals surface area contributed by atoms with Crippen LogP contribution in [0.15, 0.2) is 24.3 Å². The Morgan fingerprint density at radius 1 is 0.282 bits per heavy atom. The molecule has 0 aliphatic rings. The third-order valence-electron chi connectivity index (χ3n) is 14.5. The van der Waals surface area contributed by atoms with Gasteiger partial charge in [-0.3, -0.25) is 14.4 Å². The number of esters is 3. The standard InChI is InChI=1S/C65H122O6/c1-4-7-10-13-16-19-22-25-28-30-32-34-37-40-43-46-49-52-55-58-64(67)70-61-62(60-69-63(66)57-54-51-48-45-42-39-36-27-24-21-18-15-12-9-6-3)71-65(68)59-56-53-50-47-44-41-38-35-33-31-29-26-23-20-17-14-11-8-5-2/h16,19,25,28,62H,4-15,17-18,20-24,26-27,29-61H2,1-3H3/b19-16-,28-25-/t62-/m1/s1. The number of hydrogen-bond acceptors (Lipinski definition) is 6. The van der Waals surface area contributed by atoms with E-state index >= 15 is 0 Å². The van der Waals surface area contributed by atoms with Crippen molar-refractivity contribution in [1.29, 1.82) is 0 Å². The molecule has 0 rings (SSSR count). The van der Waals surface area contributed by atoms with E-state index in [1.54, 1.807) is 0 Å². The monoisotopic (exact) mass is 999 g/mol. The van der Waals surface area contributed by atoms with Gasteiger partial charge >= 0.3 is 17.9 Å². The highest BCUT2D eigenvalue weighted by Crippen LogP contribution is 2.18. The summed E-state index contributed by atoms with van der Waals surface area (Å²) < 4.78 is 17.0. The molecule has 6 heteroatoms. The lowest BCUT2D eigenvalue weighted by Crippen LogP contribution is -2.30. The van der Waals surface area contributed by atoms with Crippen LogP contribution in [0.2, 0.25) is 0 Å². The van der Waals surface area contributed by atoms with Crippen LogP contribution < -0.4 is 0 Å². The fraction of sp³-hybridized carbons (Fsp3) is 0.892. The largest absolute Gasteiger partial charge is 0.462 e. The molecule has 0 aromatic heterocycles. The van der Waals surface area contributed by atoms with Gasteiger partial charge in [-0.05, 0) is 51.4 Å². The Balaban J connectivity index is 4.31. The molecule has 0 aromatic rings. The fourth-order valence-corrected chi connectivity index (χ4v) is 9.65. The summed E-state index contributed by atoms with van der Waals surface area (Å²) in [4.78, 5) is 38.3. The second-order valence-electron chi connectivity index (χ2n) is 21.7. The molecule has 71 heavy (non-hydrogen) atoms. The molecule has 0 N–H and O–H groups in total. The lowest BCUT2D eigenvalue weighted by atomic mass is 10.0. The quantitative estimate of drug-likeness (QED) is 0.0261. The Morgan fingerprint density at radius 3 is 0.803 bits per heavy atom. The van der Waals surface area contributed by atoms with Crippen molar-refractivity contribution in [2.75, 3.05) is 13.2 Å². The Morgan fingerprint density at radius 2 is 0.507 bits per heavy atom. The van der Waals surface area contributed by atoms with Gasteiger partial charge in [-0.15, -0.1) is 0 Å². The number of carbonyl (C=O) groups excluding carboxylic acids is 3. The van der Waals surface area contributed by atoms with E-state index in [0.29, 0.717) is 19.3 Å². The predicted octanol–water partition coefficient (Wildman–Crippen LogP) is 21.4. The maximum atomic E-state index is 12.9. The number of rotatable bonds is 59. The van der Waals surface area contributed by atoms with Gasteiger partial charge in [0.05, 0.1) is 0 Å². The first-order valence-corrected chi connectivity index (χ1v) is 31.8. The molecule has 0 aliphatic heterocycles. The Hall–Kier alpha value is -2.11. The van der Waals surface area contributed by atoms with E-state index in [-0.39, 0.29) is 31.1 Å². The third kappa shape index (κ3) is 58.7. The SMILES string of the molecule is CCCCC/C=C\C/C=C\CCCCCCCCCCCC(=O)OC[C@@H](COC(=O)CCCCCCCCCCCCCCCCC)OC(=O)CCCCCCCCCCCCCCCCCCCCC. The molecular weight excluding hydrogens is 877 g/mol. The van der Waals surface area contributed by atoms with Crippen molar-refractivity contribution in [2.45, 2.75) is 361 Å². The minimum atomic E-state index is -0.768. The molecule has 0 aliphatic carbocycles. The Bertz CT molecular complexity index is 1150. The van der Waals surface area contributed by atoms with Gasteiger partial charge in [-0.25, -0.2) is 0 Å². The minimum absolute atomic E-state index is 0.0661. The molecule has 0 radical (unpaired) electrons. The Labute approximate surface area is 443 Å². The topological polar surface area (TPSA) is 78.9 Å². The number of allylic oxidation sites excluding steroid dienone is 4. The van der Waals surface area contributed by atoms with Crippen LogP contribution in [-0.2, 0) is 28.6 Å². The van der Waals surface area contributed by atoms with Gasteiger partial charge < -0.3 is 14.2 Å². The molecule has 0 aromatic carbocycles. The summed E-state index contributed by atoms with van der Waals surface area (Å²) in [6, 6.07) is 0. The van der Waals surface area contributed by atoms with Crippen molar-refractivity contribution < 1.29 is 28.6 Å². The Kier molecular flexibility index (Phi) is 58.6. The van der Waals surface area contributed by atoms with E-state index in [9.17, 15) is 14.4 Å². The molecule has 0 saturated heterocycles. The molecule has 0 saturated carbocycles. The van der Waals surface area contributed by atoms with Gasteiger partial charge in [0.25, 0.3) is 0 Å².